The highest BCUT2D eigenvalue weighted by Crippen LogP contribution is 2.17. The fraction of sp³-hybridized carbons (Fsp3) is 0.500. The van der Waals surface area contributed by atoms with E-state index < -0.39 is 9.84 Å². The molecule has 2 heterocycles. The van der Waals surface area contributed by atoms with Crippen molar-refractivity contribution in [2.45, 2.75) is 32.1 Å². The Labute approximate surface area is 137 Å². The van der Waals surface area contributed by atoms with Gasteiger partial charge in [-0.15, -0.1) is 0 Å². The molecule has 6 nitrogen and oxygen atoms in total. The summed E-state index contributed by atoms with van der Waals surface area (Å²) >= 11 is 0. The van der Waals surface area contributed by atoms with Gasteiger partial charge in [0.15, 0.2) is 0 Å². The Hall–Kier alpha value is -1.89. The second kappa shape index (κ2) is 8.67. The van der Waals surface area contributed by atoms with E-state index in [4.69, 9.17) is 4.74 Å². The van der Waals surface area contributed by atoms with Gasteiger partial charge in [0, 0.05) is 18.2 Å². The predicted octanol–water partition coefficient (Wildman–Crippen LogP) is 2.85. The van der Waals surface area contributed by atoms with Gasteiger partial charge in [0.1, 0.15) is 15.6 Å². The van der Waals surface area contributed by atoms with Gasteiger partial charge in [0.2, 0.25) is 0 Å². The molecule has 0 amide bonds. The van der Waals surface area contributed by atoms with E-state index in [0.717, 1.165) is 49.2 Å². The number of nitrogens with zero attached hydrogens (tertiary/aromatic N) is 2. The summed E-state index contributed by atoms with van der Waals surface area (Å²) < 4.78 is 27.6. The highest BCUT2D eigenvalue weighted by Gasteiger charge is 2.02. The fourth-order valence-electron chi connectivity index (χ4n) is 2.21. The van der Waals surface area contributed by atoms with E-state index in [1.807, 2.05) is 18.2 Å². The Morgan fingerprint density at radius 3 is 2.52 bits per heavy atom. The summed E-state index contributed by atoms with van der Waals surface area (Å²) in [6.45, 7) is 0.650. The SMILES string of the molecule is CS(=O)(=O)CCCCCCCOc1ccc(-c2ccn[nH]2)nc1. The lowest BCUT2D eigenvalue weighted by Crippen LogP contribution is -2.02. The predicted molar refractivity (Wildman–Crippen MR) is 90.1 cm³/mol. The lowest BCUT2D eigenvalue weighted by atomic mass is 10.2. The van der Waals surface area contributed by atoms with Crippen LogP contribution in [0.15, 0.2) is 30.6 Å². The lowest BCUT2D eigenvalue weighted by molar-refractivity contribution is 0.303. The third-order valence-electron chi connectivity index (χ3n) is 3.44. The van der Waals surface area contributed by atoms with Crippen LogP contribution in [0.4, 0.5) is 0 Å². The molecule has 126 valence electrons. The summed E-state index contributed by atoms with van der Waals surface area (Å²) in [6, 6.07) is 5.66. The van der Waals surface area contributed by atoms with Crippen molar-refractivity contribution in [3.8, 4) is 17.1 Å². The topological polar surface area (TPSA) is 84.9 Å². The first kappa shape index (κ1) is 17.5. The van der Waals surface area contributed by atoms with Gasteiger partial charge < -0.3 is 4.74 Å². The molecule has 0 fully saturated rings. The van der Waals surface area contributed by atoms with Crippen LogP contribution in [0.5, 0.6) is 5.75 Å². The molecule has 7 heteroatoms. The normalized spacial score (nSPS) is 11.5. The van der Waals surface area contributed by atoms with Crippen LogP contribution >= 0.6 is 0 Å². The number of rotatable bonds is 10. The van der Waals surface area contributed by atoms with Crippen molar-refractivity contribution in [2.24, 2.45) is 0 Å². The van der Waals surface area contributed by atoms with Gasteiger partial charge in [-0.25, -0.2) is 8.42 Å². The Balaban J connectivity index is 1.58. The minimum atomic E-state index is -2.82. The molecule has 2 aromatic heterocycles. The third kappa shape index (κ3) is 6.81. The Morgan fingerprint density at radius 2 is 1.87 bits per heavy atom. The van der Waals surface area contributed by atoms with Gasteiger partial charge in [-0.1, -0.05) is 19.3 Å². The molecule has 0 aliphatic heterocycles. The van der Waals surface area contributed by atoms with E-state index >= 15 is 0 Å². The minimum absolute atomic E-state index is 0.290. The largest absolute Gasteiger partial charge is 0.492 e. The third-order valence-corrected chi connectivity index (χ3v) is 4.47. The molecule has 0 aliphatic rings. The maximum atomic E-state index is 11.0. The molecule has 0 aromatic carbocycles. The number of hydrogen-bond acceptors (Lipinski definition) is 5. The van der Waals surface area contributed by atoms with Gasteiger partial charge >= 0.3 is 0 Å². The molecular formula is C16H23N3O3S. The van der Waals surface area contributed by atoms with Crippen molar-refractivity contribution in [3.63, 3.8) is 0 Å². The van der Waals surface area contributed by atoms with E-state index in [9.17, 15) is 8.42 Å². The standard InChI is InChI=1S/C16H23N3O3S/c1-23(20,21)12-6-4-2-3-5-11-22-14-7-8-15(17-13-14)16-9-10-18-19-16/h7-10,13H,2-6,11-12H2,1H3,(H,18,19). The summed E-state index contributed by atoms with van der Waals surface area (Å²) in [5, 5.41) is 6.76. The summed E-state index contributed by atoms with van der Waals surface area (Å²) in [6.07, 6.45) is 9.43. The van der Waals surface area contributed by atoms with Crippen molar-refractivity contribution < 1.29 is 13.2 Å². The maximum Gasteiger partial charge on any atom is 0.147 e. The molecule has 2 rings (SSSR count). The molecule has 0 bridgehead atoms. The zero-order valence-electron chi connectivity index (χ0n) is 13.4. The number of aromatic amines is 1. The molecule has 0 atom stereocenters. The first-order valence-electron chi connectivity index (χ1n) is 7.81. The van der Waals surface area contributed by atoms with Crippen LogP contribution in [-0.2, 0) is 9.84 Å². The van der Waals surface area contributed by atoms with Crippen LogP contribution in [0.1, 0.15) is 32.1 Å². The average molecular weight is 337 g/mol. The van der Waals surface area contributed by atoms with Gasteiger partial charge in [0.05, 0.1) is 24.2 Å². The molecule has 0 unspecified atom stereocenters. The van der Waals surface area contributed by atoms with E-state index in [2.05, 4.69) is 15.2 Å². The van der Waals surface area contributed by atoms with Crippen LogP contribution in [0.25, 0.3) is 11.4 Å². The zero-order valence-corrected chi connectivity index (χ0v) is 14.2. The van der Waals surface area contributed by atoms with Crippen LogP contribution in [0, 0.1) is 0 Å². The number of unbranched alkanes of at least 4 members (excludes halogenated alkanes) is 4. The monoisotopic (exact) mass is 337 g/mol. The second-order valence-corrected chi connectivity index (χ2v) is 7.86. The van der Waals surface area contributed by atoms with Crippen LogP contribution < -0.4 is 4.74 Å². The smallest absolute Gasteiger partial charge is 0.147 e. The molecule has 2 aromatic rings. The Bertz CT molecular complexity index is 667. The molecule has 0 radical (unpaired) electrons. The number of ether oxygens (including phenoxy) is 1. The fourth-order valence-corrected chi connectivity index (χ4v) is 2.94. The van der Waals surface area contributed by atoms with Crippen LogP contribution in [0.2, 0.25) is 0 Å². The van der Waals surface area contributed by atoms with Crippen molar-refractivity contribution >= 4 is 9.84 Å². The number of H-pyrrole nitrogens is 1. The van der Waals surface area contributed by atoms with E-state index in [-0.39, 0.29) is 5.75 Å². The summed E-state index contributed by atoms with van der Waals surface area (Å²) in [5.41, 5.74) is 1.71. The van der Waals surface area contributed by atoms with Gasteiger partial charge in [-0.05, 0) is 31.0 Å². The molecule has 0 aliphatic carbocycles. The average Bonchev–Trinajstić information content (AvgIpc) is 3.04. The first-order valence-corrected chi connectivity index (χ1v) is 9.87. The van der Waals surface area contributed by atoms with E-state index in [1.54, 1.807) is 12.4 Å². The quantitative estimate of drug-likeness (QED) is 0.674. The summed E-state index contributed by atoms with van der Waals surface area (Å²) in [7, 11) is -2.82. The van der Waals surface area contributed by atoms with Crippen LogP contribution in [-0.4, -0.2) is 42.2 Å². The molecule has 1 N–H and O–H groups in total. The molecule has 0 saturated heterocycles. The number of sulfone groups is 1. The minimum Gasteiger partial charge on any atom is -0.492 e. The van der Waals surface area contributed by atoms with Gasteiger partial charge in [-0.2, -0.15) is 5.10 Å². The first-order chi connectivity index (χ1) is 11.0. The molecular weight excluding hydrogens is 314 g/mol. The van der Waals surface area contributed by atoms with Gasteiger partial charge in [0.25, 0.3) is 0 Å². The van der Waals surface area contributed by atoms with Crippen molar-refractivity contribution in [3.05, 3.63) is 30.6 Å². The van der Waals surface area contributed by atoms with Crippen LogP contribution in [0.3, 0.4) is 0 Å². The van der Waals surface area contributed by atoms with Gasteiger partial charge in [-0.3, -0.25) is 10.1 Å². The second-order valence-electron chi connectivity index (χ2n) is 5.60. The number of aromatic nitrogens is 3. The lowest BCUT2D eigenvalue weighted by Gasteiger charge is -2.06. The highest BCUT2D eigenvalue weighted by molar-refractivity contribution is 7.90. The summed E-state index contributed by atoms with van der Waals surface area (Å²) in [5.74, 6) is 1.04. The number of nitrogens with one attached hydrogen (secondary N) is 1. The summed E-state index contributed by atoms with van der Waals surface area (Å²) in [4.78, 5) is 4.33. The molecule has 0 saturated carbocycles. The highest BCUT2D eigenvalue weighted by atomic mass is 32.2. The van der Waals surface area contributed by atoms with Crippen molar-refractivity contribution in [2.75, 3.05) is 18.6 Å². The zero-order chi connectivity index (χ0) is 16.5. The van der Waals surface area contributed by atoms with Crippen molar-refractivity contribution in [1.29, 1.82) is 0 Å². The Morgan fingerprint density at radius 1 is 1.09 bits per heavy atom. The van der Waals surface area contributed by atoms with E-state index in [1.165, 1.54) is 6.26 Å². The molecule has 23 heavy (non-hydrogen) atoms. The molecule has 0 spiro atoms. The maximum absolute atomic E-state index is 11.0. The van der Waals surface area contributed by atoms with E-state index in [0.29, 0.717) is 6.61 Å². The van der Waals surface area contributed by atoms with Crippen molar-refractivity contribution in [1.82, 2.24) is 15.2 Å². The number of hydrogen-bond donors (Lipinski definition) is 1. The number of pyridine rings is 1. The Kier molecular flexibility index (Phi) is 6.58.